The molecule has 0 bridgehead atoms. The summed E-state index contributed by atoms with van der Waals surface area (Å²) >= 11 is 9.59. The zero-order valence-corrected chi connectivity index (χ0v) is 10.4. The number of hydrogen-bond donors (Lipinski definition) is 0. The van der Waals surface area contributed by atoms with Gasteiger partial charge in [0.1, 0.15) is 0 Å². The van der Waals surface area contributed by atoms with E-state index in [4.69, 9.17) is 24.8 Å². The van der Waals surface area contributed by atoms with Crippen LogP contribution in [0.15, 0.2) is 25.3 Å². The summed E-state index contributed by atoms with van der Waals surface area (Å²) in [6, 6.07) is 0. The molecule has 0 amide bonds. The van der Waals surface area contributed by atoms with E-state index in [1.165, 1.54) is 0 Å². The van der Waals surface area contributed by atoms with Gasteiger partial charge in [0.25, 0.3) is 0 Å². The van der Waals surface area contributed by atoms with Gasteiger partial charge >= 0.3 is 29.6 Å². The molecule has 0 saturated carbocycles. The summed E-state index contributed by atoms with van der Waals surface area (Å²) in [5.74, 6) is 0. The molecule has 0 rings (SSSR count). The molecule has 0 unspecified atom stereocenters. The van der Waals surface area contributed by atoms with Gasteiger partial charge in [0.05, 0.1) is 0 Å². The zero-order chi connectivity index (χ0) is 7.98. The van der Waals surface area contributed by atoms with Crippen LogP contribution < -0.4 is 29.6 Å². The smallest absolute Gasteiger partial charge is 0.411 e. The van der Waals surface area contributed by atoms with E-state index < -0.39 is 0 Å². The molecule has 0 fully saturated rings. The molecule has 0 saturated heterocycles. The molecule has 0 atom stereocenters. The van der Waals surface area contributed by atoms with Crippen LogP contribution in [-0.2, 0) is 12.6 Å². The van der Waals surface area contributed by atoms with Crippen LogP contribution in [0.2, 0.25) is 0 Å². The van der Waals surface area contributed by atoms with Crippen LogP contribution in [-0.4, -0.2) is 22.3 Å². The van der Waals surface area contributed by atoms with Gasteiger partial charge in [-0.05, 0) is 0 Å². The molecule has 11 heavy (non-hydrogen) atoms. The Morgan fingerprint density at radius 3 is 1.91 bits per heavy atom. The van der Waals surface area contributed by atoms with Gasteiger partial charge in [0.15, 0.2) is 0 Å². The molecular formula is C7H10NNaS2. The van der Waals surface area contributed by atoms with Crippen molar-refractivity contribution in [1.82, 2.24) is 4.90 Å². The zero-order valence-electron chi connectivity index (χ0n) is 6.75. The van der Waals surface area contributed by atoms with Crippen molar-refractivity contribution in [2.45, 2.75) is 0 Å². The average molecular weight is 195 g/mol. The van der Waals surface area contributed by atoms with Crippen LogP contribution in [0.25, 0.3) is 0 Å². The molecule has 0 aliphatic rings. The van der Waals surface area contributed by atoms with Gasteiger partial charge in [0, 0.05) is 13.1 Å². The molecule has 1 nitrogen and oxygen atoms in total. The molecule has 0 N–H and O–H groups in total. The predicted molar refractivity (Wildman–Crippen MR) is 51.9 cm³/mol. The maximum absolute atomic E-state index is 4.79. The molecule has 0 heterocycles. The summed E-state index contributed by atoms with van der Waals surface area (Å²) in [7, 11) is 0. The summed E-state index contributed by atoms with van der Waals surface area (Å²) in [6.07, 6.45) is 3.53. The van der Waals surface area contributed by atoms with E-state index in [-0.39, 0.29) is 29.6 Å². The molecule has 0 aromatic heterocycles. The van der Waals surface area contributed by atoms with E-state index in [2.05, 4.69) is 13.2 Å². The molecule has 56 valence electrons. The Morgan fingerprint density at radius 2 is 1.73 bits per heavy atom. The number of hydrogen-bond acceptors (Lipinski definition) is 2. The standard InChI is InChI=1S/C7H11NS2.Na/c1-3-5-8(6-4-2)7(9)10;/h3-4H,1-2,5-6H2,(H,9,10);/q;+1/p-1. The Hall–Kier alpha value is 0.590. The van der Waals surface area contributed by atoms with Crippen LogP contribution in [0.1, 0.15) is 0 Å². The van der Waals surface area contributed by atoms with E-state index in [9.17, 15) is 0 Å². The van der Waals surface area contributed by atoms with Gasteiger partial charge in [-0.15, -0.1) is 13.2 Å². The third-order valence-corrected chi connectivity index (χ3v) is 1.47. The van der Waals surface area contributed by atoms with Crippen molar-refractivity contribution in [1.29, 1.82) is 0 Å². The second kappa shape index (κ2) is 8.68. The monoisotopic (exact) mass is 195 g/mol. The van der Waals surface area contributed by atoms with E-state index >= 15 is 0 Å². The maximum atomic E-state index is 4.79. The van der Waals surface area contributed by atoms with E-state index in [0.717, 1.165) is 0 Å². The first-order valence-corrected chi connectivity index (χ1v) is 3.71. The number of rotatable bonds is 4. The SMILES string of the molecule is C=CCN(CC=C)C(=S)[S-].[Na+]. The fourth-order valence-electron chi connectivity index (χ4n) is 0.535. The first-order chi connectivity index (χ1) is 4.72. The summed E-state index contributed by atoms with van der Waals surface area (Å²) < 4.78 is 0.472. The van der Waals surface area contributed by atoms with Gasteiger partial charge in [0.2, 0.25) is 0 Å². The Morgan fingerprint density at radius 1 is 1.36 bits per heavy atom. The summed E-state index contributed by atoms with van der Waals surface area (Å²) in [5.41, 5.74) is 0. The van der Waals surface area contributed by atoms with Gasteiger partial charge < -0.3 is 29.7 Å². The topological polar surface area (TPSA) is 3.24 Å². The summed E-state index contributed by atoms with van der Waals surface area (Å²) in [6.45, 7) is 8.57. The second-order valence-electron chi connectivity index (χ2n) is 1.75. The quantitative estimate of drug-likeness (QED) is 0.232. The van der Waals surface area contributed by atoms with Crippen molar-refractivity contribution in [3.8, 4) is 0 Å². The van der Waals surface area contributed by atoms with E-state index in [1.807, 2.05) is 4.90 Å². The molecule has 4 heteroatoms. The van der Waals surface area contributed by atoms with Crippen molar-refractivity contribution in [2.75, 3.05) is 13.1 Å². The first kappa shape index (κ1) is 14.1. The van der Waals surface area contributed by atoms with Crippen LogP contribution in [0, 0.1) is 0 Å². The molecule has 0 aromatic carbocycles. The number of nitrogens with zero attached hydrogens (tertiary/aromatic N) is 1. The van der Waals surface area contributed by atoms with Gasteiger partial charge in [-0.3, -0.25) is 0 Å². The van der Waals surface area contributed by atoms with Gasteiger partial charge in [-0.1, -0.05) is 16.5 Å². The molecule has 0 radical (unpaired) electrons. The molecule has 0 spiro atoms. The summed E-state index contributed by atoms with van der Waals surface area (Å²) in [4.78, 5) is 1.84. The average Bonchev–Trinajstić information content (AvgIpc) is 1.87. The Kier molecular flexibility index (Phi) is 11.2. The second-order valence-corrected chi connectivity index (χ2v) is 2.78. The first-order valence-electron chi connectivity index (χ1n) is 2.90. The molecule has 0 aromatic rings. The Balaban J connectivity index is 0. The van der Waals surface area contributed by atoms with Gasteiger partial charge in [-0.2, -0.15) is 0 Å². The van der Waals surface area contributed by atoms with Gasteiger partial charge in [-0.25, -0.2) is 0 Å². The van der Waals surface area contributed by atoms with E-state index in [0.29, 0.717) is 17.4 Å². The Labute approximate surface area is 101 Å². The Bertz CT molecular complexity index is 137. The maximum Gasteiger partial charge on any atom is 1.00 e. The van der Waals surface area contributed by atoms with Crippen LogP contribution in [0.4, 0.5) is 0 Å². The fourth-order valence-corrected chi connectivity index (χ4v) is 0.833. The third-order valence-electron chi connectivity index (χ3n) is 0.957. The minimum absolute atomic E-state index is 0. The summed E-state index contributed by atoms with van der Waals surface area (Å²) in [5, 5.41) is 0. The largest absolute Gasteiger partial charge is 1.00 e. The third kappa shape index (κ3) is 6.97. The molecule has 0 aliphatic heterocycles. The minimum Gasteiger partial charge on any atom is -0.411 e. The van der Waals surface area contributed by atoms with E-state index in [1.54, 1.807) is 12.2 Å². The van der Waals surface area contributed by atoms with Crippen molar-refractivity contribution >= 4 is 29.2 Å². The van der Waals surface area contributed by atoms with Crippen molar-refractivity contribution in [3.05, 3.63) is 25.3 Å². The molecular weight excluding hydrogens is 185 g/mol. The van der Waals surface area contributed by atoms with Crippen LogP contribution in [0.5, 0.6) is 0 Å². The van der Waals surface area contributed by atoms with Crippen LogP contribution in [0.3, 0.4) is 0 Å². The number of thiocarbonyl (C=S) groups is 1. The minimum atomic E-state index is 0. The predicted octanol–water partition coefficient (Wildman–Crippen LogP) is -1.50. The fraction of sp³-hybridized carbons (Fsp3) is 0.286. The van der Waals surface area contributed by atoms with Crippen molar-refractivity contribution in [2.24, 2.45) is 0 Å². The van der Waals surface area contributed by atoms with Crippen molar-refractivity contribution in [3.63, 3.8) is 0 Å². The van der Waals surface area contributed by atoms with Crippen LogP contribution >= 0.6 is 12.2 Å². The normalized spacial score (nSPS) is 7.64. The van der Waals surface area contributed by atoms with Crippen molar-refractivity contribution < 1.29 is 29.6 Å². The molecule has 0 aliphatic carbocycles.